The summed E-state index contributed by atoms with van der Waals surface area (Å²) in [4.78, 5) is 24.4. The van der Waals surface area contributed by atoms with Crippen molar-refractivity contribution in [3.05, 3.63) is 76.6 Å². The Morgan fingerprint density at radius 2 is 1.93 bits per heavy atom. The maximum Gasteiger partial charge on any atom is 0.341 e. The summed E-state index contributed by atoms with van der Waals surface area (Å²) in [6, 6.07) is 14.0. The first kappa shape index (κ1) is 18.7. The van der Waals surface area contributed by atoms with Gasteiger partial charge in [-0.25, -0.2) is 9.48 Å². The third-order valence-corrected chi connectivity index (χ3v) is 4.30. The van der Waals surface area contributed by atoms with Crippen LogP contribution in [0.5, 0.6) is 0 Å². The molecule has 1 amide bonds. The number of benzene rings is 2. The average Bonchev–Trinajstić information content (AvgIpc) is 3.04. The molecular weight excluding hydrogens is 366 g/mol. The van der Waals surface area contributed by atoms with Crippen LogP contribution in [0, 0.1) is 6.92 Å². The number of amides is 1. The zero-order chi connectivity index (χ0) is 19.4. The Labute approximate surface area is 161 Å². The molecule has 3 rings (SSSR count). The van der Waals surface area contributed by atoms with Crippen LogP contribution in [0.2, 0.25) is 5.02 Å². The molecule has 7 heteroatoms. The Hall–Kier alpha value is -3.12. The van der Waals surface area contributed by atoms with Crippen LogP contribution in [-0.4, -0.2) is 28.3 Å². The molecule has 1 aromatic heterocycles. The van der Waals surface area contributed by atoms with Gasteiger partial charge in [-0.15, -0.1) is 0 Å². The quantitative estimate of drug-likeness (QED) is 0.668. The van der Waals surface area contributed by atoms with Crippen molar-refractivity contribution in [2.75, 3.05) is 11.9 Å². The van der Waals surface area contributed by atoms with Crippen molar-refractivity contribution < 1.29 is 14.3 Å². The molecule has 138 valence electrons. The predicted octanol–water partition coefficient (Wildman–Crippen LogP) is 4.26. The second kappa shape index (κ2) is 8.05. The van der Waals surface area contributed by atoms with Crippen LogP contribution < -0.4 is 5.32 Å². The summed E-state index contributed by atoms with van der Waals surface area (Å²) in [6.07, 6.45) is 1.47. The SMILES string of the molecule is CCOC(=O)c1cnn(-c2cccc(NC(=O)c3ccccc3Cl)c2)c1C. The number of nitrogens with zero attached hydrogens (tertiary/aromatic N) is 2. The van der Waals surface area contributed by atoms with Crippen molar-refractivity contribution in [1.82, 2.24) is 9.78 Å². The molecule has 0 spiro atoms. The molecule has 0 saturated carbocycles. The maximum absolute atomic E-state index is 12.4. The van der Waals surface area contributed by atoms with Crippen LogP contribution in [0.4, 0.5) is 5.69 Å². The number of ether oxygens (including phenoxy) is 1. The summed E-state index contributed by atoms with van der Waals surface area (Å²) in [5.41, 5.74) is 2.75. The van der Waals surface area contributed by atoms with E-state index >= 15 is 0 Å². The minimum Gasteiger partial charge on any atom is -0.462 e. The molecule has 0 fully saturated rings. The molecule has 1 N–H and O–H groups in total. The number of nitrogens with one attached hydrogen (secondary N) is 1. The first-order valence-electron chi connectivity index (χ1n) is 8.39. The number of hydrogen-bond donors (Lipinski definition) is 1. The lowest BCUT2D eigenvalue weighted by atomic mass is 10.2. The molecule has 27 heavy (non-hydrogen) atoms. The van der Waals surface area contributed by atoms with Crippen molar-refractivity contribution in [1.29, 1.82) is 0 Å². The van der Waals surface area contributed by atoms with E-state index in [1.54, 1.807) is 61.0 Å². The van der Waals surface area contributed by atoms with Crippen LogP contribution in [0.1, 0.15) is 33.3 Å². The number of rotatable bonds is 5. The van der Waals surface area contributed by atoms with Gasteiger partial charge in [-0.1, -0.05) is 29.8 Å². The number of anilines is 1. The van der Waals surface area contributed by atoms with Gasteiger partial charge < -0.3 is 10.1 Å². The van der Waals surface area contributed by atoms with Crippen molar-refractivity contribution in [3.8, 4) is 5.69 Å². The summed E-state index contributed by atoms with van der Waals surface area (Å²) < 4.78 is 6.66. The standard InChI is InChI=1S/C20H18ClN3O3/c1-3-27-20(26)17-12-22-24(13(17)2)15-8-6-7-14(11-15)23-19(25)16-9-4-5-10-18(16)21/h4-12H,3H2,1-2H3,(H,23,25). The van der Waals surface area contributed by atoms with Gasteiger partial charge in [0.05, 0.1) is 34.8 Å². The number of hydrogen-bond acceptors (Lipinski definition) is 4. The van der Waals surface area contributed by atoms with Crippen LogP contribution in [0.25, 0.3) is 5.69 Å². The highest BCUT2D eigenvalue weighted by Gasteiger charge is 2.16. The van der Waals surface area contributed by atoms with E-state index in [1.165, 1.54) is 6.20 Å². The van der Waals surface area contributed by atoms with Crippen LogP contribution in [0.3, 0.4) is 0 Å². The van der Waals surface area contributed by atoms with Crippen molar-refractivity contribution in [2.45, 2.75) is 13.8 Å². The highest BCUT2D eigenvalue weighted by atomic mass is 35.5. The third kappa shape index (κ3) is 4.01. The monoisotopic (exact) mass is 383 g/mol. The maximum atomic E-state index is 12.4. The number of carbonyl (C=O) groups excluding carboxylic acids is 2. The smallest absolute Gasteiger partial charge is 0.341 e. The molecule has 2 aromatic carbocycles. The first-order valence-corrected chi connectivity index (χ1v) is 8.77. The van der Waals surface area contributed by atoms with E-state index in [4.69, 9.17) is 16.3 Å². The lowest BCUT2D eigenvalue weighted by Crippen LogP contribution is -2.13. The number of esters is 1. The fourth-order valence-corrected chi connectivity index (χ4v) is 2.86. The number of halogens is 1. The van der Waals surface area contributed by atoms with E-state index in [9.17, 15) is 9.59 Å². The van der Waals surface area contributed by atoms with Gasteiger partial charge in [-0.05, 0) is 44.2 Å². The second-order valence-electron chi connectivity index (χ2n) is 5.76. The molecule has 0 unspecified atom stereocenters. The Balaban J connectivity index is 1.85. The normalized spacial score (nSPS) is 10.5. The van der Waals surface area contributed by atoms with Crippen LogP contribution in [-0.2, 0) is 4.74 Å². The van der Waals surface area contributed by atoms with Gasteiger partial charge in [0.2, 0.25) is 0 Å². The third-order valence-electron chi connectivity index (χ3n) is 3.97. The summed E-state index contributed by atoms with van der Waals surface area (Å²) in [7, 11) is 0. The van der Waals surface area contributed by atoms with E-state index in [0.29, 0.717) is 39.8 Å². The molecule has 0 saturated heterocycles. The largest absolute Gasteiger partial charge is 0.462 e. The van der Waals surface area contributed by atoms with Gasteiger partial charge >= 0.3 is 5.97 Å². The molecule has 0 bridgehead atoms. The Kier molecular flexibility index (Phi) is 5.57. The predicted molar refractivity (Wildman–Crippen MR) is 104 cm³/mol. The summed E-state index contributed by atoms with van der Waals surface area (Å²) in [5, 5.41) is 7.47. The average molecular weight is 384 g/mol. The van der Waals surface area contributed by atoms with Crippen molar-refractivity contribution in [2.24, 2.45) is 0 Å². The van der Waals surface area contributed by atoms with Crippen LogP contribution in [0.15, 0.2) is 54.7 Å². The lowest BCUT2D eigenvalue weighted by Gasteiger charge is -2.10. The minimum absolute atomic E-state index is 0.299. The highest BCUT2D eigenvalue weighted by molar-refractivity contribution is 6.34. The topological polar surface area (TPSA) is 73.2 Å². The highest BCUT2D eigenvalue weighted by Crippen LogP contribution is 2.21. The minimum atomic E-state index is -0.413. The van der Waals surface area contributed by atoms with Crippen molar-refractivity contribution >= 4 is 29.2 Å². The first-order chi connectivity index (χ1) is 13.0. The Morgan fingerprint density at radius 1 is 1.15 bits per heavy atom. The molecule has 0 radical (unpaired) electrons. The Bertz CT molecular complexity index is 998. The van der Waals surface area contributed by atoms with Gasteiger partial charge in [-0.3, -0.25) is 4.79 Å². The fraction of sp³-hybridized carbons (Fsp3) is 0.150. The Morgan fingerprint density at radius 3 is 2.67 bits per heavy atom. The van der Waals surface area contributed by atoms with Gasteiger partial charge in [0.15, 0.2) is 0 Å². The zero-order valence-electron chi connectivity index (χ0n) is 14.9. The van der Waals surface area contributed by atoms with E-state index < -0.39 is 5.97 Å². The molecule has 0 atom stereocenters. The molecule has 6 nitrogen and oxygen atoms in total. The van der Waals surface area contributed by atoms with E-state index in [0.717, 1.165) is 0 Å². The molecule has 0 aliphatic heterocycles. The lowest BCUT2D eigenvalue weighted by molar-refractivity contribution is 0.0525. The van der Waals surface area contributed by atoms with Gasteiger partial charge in [-0.2, -0.15) is 5.10 Å². The van der Waals surface area contributed by atoms with E-state index in [-0.39, 0.29) is 5.91 Å². The summed E-state index contributed by atoms with van der Waals surface area (Å²) in [6.45, 7) is 3.84. The second-order valence-corrected chi connectivity index (χ2v) is 6.17. The molecule has 3 aromatic rings. The summed E-state index contributed by atoms with van der Waals surface area (Å²) in [5.74, 6) is -0.716. The van der Waals surface area contributed by atoms with Gasteiger partial charge in [0.25, 0.3) is 5.91 Å². The fourth-order valence-electron chi connectivity index (χ4n) is 2.64. The molecule has 0 aliphatic carbocycles. The van der Waals surface area contributed by atoms with E-state index in [2.05, 4.69) is 10.4 Å². The number of carbonyl (C=O) groups is 2. The summed E-state index contributed by atoms with van der Waals surface area (Å²) >= 11 is 6.07. The van der Waals surface area contributed by atoms with Gasteiger partial charge in [0, 0.05) is 5.69 Å². The molecule has 0 aliphatic rings. The van der Waals surface area contributed by atoms with Crippen molar-refractivity contribution in [3.63, 3.8) is 0 Å². The van der Waals surface area contributed by atoms with Crippen LogP contribution >= 0.6 is 11.6 Å². The molecule has 1 heterocycles. The zero-order valence-corrected chi connectivity index (χ0v) is 15.7. The number of aromatic nitrogens is 2. The van der Waals surface area contributed by atoms with Gasteiger partial charge in [0.1, 0.15) is 5.56 Å². The molecular formula is C20H18ClN3O3. The van der Waals surface area contributed by atoms with E-state index in [1.807, 2.05) is 6.07 Å².